The van der Waals surface area contributed by atoms with E-state index in [1.165, 1.54) is 0 Å². The third-order valence-corrected chi connectivity index (χ3v) is 2.81. The van der Waals surface area contributed by atoms with Gasteiger partial charge in [0.15, 0.2) is 0 Å². The molecule has 0 radical (unpaired) electrons. The maximum Gasteiger partial charge on any atom is 1.00 e. The van der Waals surface area contributed by atoms with Crippen molar-refractivity contribution in [3.8, 4) is 0 Å². The summed E-state index contributed by atoms with van der Waals surface area (Å²) in [5, 5.41) is 0. The van der Waals surface area contributed by atoms with Gasteiger partial charge in [-0.05, 0) is 32.9 Å². The van der Waals surface area contributed by atoms with Crippen LogP contribution < -0.4 is 51.4 Å². The Kier molecular flexibility index (Phi) is 7.35. The minimum Gasteiger partial charge on any atom is -0.445 e. The van der Waals surface area contributed by atoms with Gasteiger partial charge >= 0.3 is 58.4 Å². The predicted molar refractivity (Wildman–Crippen MR) is 53.1 cm³/mol. The smallest absolute Gasteiger partial charge is 0.445 e. The first-order valence-corrected chi connectivity index (χ1v) is 5.03. The van der Waals surface area contributed by atoms with Crippen molar-refractivity contribution in [2.24, 2.45) is 0 Å². The molecule has 0 aromatic carbocycles. The van der Waals surface area contributed by atoms with E-state index in [2.05, 4.69) is 6.58 Å². The van der Waals surface area contributed by atoms with Gasteiger partial charge in [0.05, 0.1) is 0 Å². The van der Waals surface area contributed by atoms with Crippen LogP contribution in [0.3, 0.4) is 0 Å². The Morgan fingerprint density at radius 3 is 2.47 bits per heavy atom. The Bertz CT molecular complexity index is 220. The molecule has 0 aromatic heterocycles. The molecule has 1 saturated heterocycles. The Morgan fingerprint density at radius 2 is 2.00 bits per heavy atom. The molecule has 0 saturated carbocycles. The van der Waals surface area contributed by atoms with Gasteiger partial charge in [0.25, 0.3) is 0 Å². The Hall–Kier alpha value is 1.19. The van der Waals surface area contributed by atoms with Gasteiger partial charge in [-0.25, -0.2) is 0 Å². The van der Waals surface area contributed by atoms with Crippen molar-refractivity contribution in [1.82, 2.24) is 4.90 Å². The number of piperidine rings is 1. The van der Waals surface area contributed by atoms with Crippen LogP contribution in [0.5, 0.6) is 0 Å². The van der Waals surface area contributed by atoms with Crippen molar-refractivity contribution in [2.45, 2.75) is 32.2 Å². The van der Waals surface area contributed by atoms with Crippen LogP contribution in [0.2, 0.25) is 0 Å². The largest absolute Gasteiger partial charge is 1.00 e. The second-order valence-electron chi connectivity index (χ2n) is 4.05. The molecular weight excluding hydrogens is 229 g/mol. The molecule has 6 heteroatoms. The zero-order valence-electron chi connectivity index (χ0n) is 9.48. The van der Waals surface area contributed by atoms with Crippen molar-refractivity contribution in [1.29, 1.82) is 0 Å². The molecule has 0 spiro atoms. The second kappa shape index (κ2) is 6.81. The Morgan fingerprint density at radius 1 is 1.40 bits per heavy atom. The number of rotatable bonds is 3. The molecule has 1 fully saturated rings. The minimum absolute atomic E-state index is 0. The maximum absolute atomic E-state index is 12.3. The van der Waals surface area contributed by atoms with E-state index in [-0.39, 0.29) is 64.0 Å². The molecule has 1 nitrogen and oxygen atoms in total. The monoisotopic (exact) mass is 245 g/mol. The van der Waals surface area contributed by atoms with Crippen molar-refractivity contribution in [3.05, 3.63) is 12.1 Å². The van der Waals surface area contributed by atoms with Crippen molar-refractivity contribution in [2.75, 3.05) is 13.1 Å². The van der Waals surface area contributed by atoms with Crippen molar-refractivity contribution < 1.29 is 64.3 Å². The molecule has 1 unspecified atom stereocenters. The summed E-state index contributed by atoms with van der Waals surface area (Å²) < 4.78 is 36.8. The molecule has 1 atom stereocenters. The number of hydrogen-bond acceptors (Lipinski definition) is 1. The molecule has 1 aliphatic rings. The summed E-state index contributed by atoms with van der Waals surface area (Å²) in [5.74, 6) is 0. The van der Waals surface area contributed by atoms with Crippen LogP contribution >= 0.6 is 0 Å². The van der Waals surface area contributed by atoms with Gasteiger partial charge < -0.3 is 12.9 Å². The van der Waals surface area contributed by atoms with E-state index in [1.807, 2.05) is 11.8 Å². The van der Waals surface area contributed by atoms with Crippen LogP contribution in [0, 0.1) is 0 Å². The van der Waals surface area contributed by atoms with Gasteiger partial charge in [-0.2, -0.15) is 0 Å². The topological polar surface area (TPSA) is 3.24 Å². The van der Waals surface area contributed by atoms with Crippen LogP contribution in [0.4, 0.5) is 12.9 Å². The normalized spacial score (nSPS) is 23.3. The van der Waals surface area contributed by atoms with E-state index in [9.17, 15) is 12.9 Å². The fraction of sp³-hybridized carbons (Fsp3) is 0.778. The van der Waals surface area contributed by atoms with Crippen LogP contribution in [-0.4, -0.2) is 31.0 Å². The fourth-order valence-electron chi connectivity index (χ4n) is 1.76. The maximum atomic E-state index is 12.3. The van der Waals surface area contributed by atoms with Crippen LogP contribution in [0.15, 0.2) is 12.1 Å². The van der Waals surface area contributed by atoms with E-state index >= 15 is 0 Å². The Labute approximate surface area is 132 Å². The molecule has 1 heterocycles. The molecular formula is C9H16BF3KN. The third kappa shape index (κ3) is 5.37. The van der Waals surface area contributed by atoms with Gasteiger partial charge in [0.2, 0.25) is 0 Å². The van der Waals surface area contributed by atoms with Crippen LogP contribution in [0.1, 0.15) is 26.2 Å². The molecule has 15 heavy (non-hydrogen) atoms. The summed E-state index contributed by atoms with van der Waals surface area (Å²) in [7, 11) is 0. The van der Waals surface area contributed by atoms with E-state index in [0.29, 0.717) is 0 Å². The van der Waals surface area contributed by atoms with E-state index < -0.39 is 12.4 Å². The van der Waals surface area contributed by atoms with Gasteiger partial charge in [-0.1, -0.05) is 6.42 Å². The SMILES string of the molecule is C=C(CN1CCCCC1C)[B-](F)(F)F.[K+]. The van der Waals surface area contributed by atoms with Gasteiger partial charge in [0.1, 0.15) is 0 Å². The van der Waals surface area contributed by atoms with E-state index in [4.69, 9.17) is 0 Å². The van der Waals surface area contributed by atoms with Crippen LogP contribution in [-0.2, 0) is 0 Å². The van der Waals surface area contributed by atoms with Gasteiger partial charge in [0, 0.05) is 6.04 Å². The second-order valence-corrected chi connectivity index (χ2v) is 4.05. The molecule has 1 aliphatic heterocycles. The molecule has 0 N–H and O–H groups in total. The van der Waals surface area contributed by atoms with Gasteiger partial charge in [-0.3, -0.25) is 4.90 Å². The molecule has 0 bridgehead atoms. The first-order valence-electron chi connectivity index (χ1n) is 5.03. The number of likely N-dealkylation sites (tertiary alicyclic amines) is 1. The molecule has 0 aromatic rings. The predicted octanol–water partition coefficient (Wildman–Crippen LogP) is -0.192. The molecule has 1 rings (SSSR count). The summed E-state index contributed by atoms with van der Waals surface area (Å²) in [6, 6.07) is 0.263. The summed E-state index contributed by atoms with van der Waals surface area (Å²) in [5.41, 5.74) is -0.571. The summed E-state index contributed by atoms with van der Waals surface area (Å²) in [6.07, 6.45) is 3.13. The minimum atomic E-state index is -4.86. The summed E-state index contributed by atoms with van der Waals surface area (Å²) in [4.78, 5) is 1.88. The zero-order chi connectivity index (χ0) is 10.8. The number of nitrogens with zero attached hydrogens (tertiary/aromatic N) is 1. The van der Waals surface area contributed by atoms with Crippen LogP contribution in [0.25, 0.3) is 0 Å². The van der Waals surface area contributed by atoms with E-state index in [1.54, 1.807) is 0 Å². The number of halogens is 3. The summed E-state index contributed by atoms with van der Waals surface area (Å²) in [6.45, 7) is 1.00. The zero-order valence-corrected chi connectivity index (χ0v) is 12.6. The van der Waals surface area contributed by atoms with E-state index in [0.717, 1.165) is 25.8 Å². The first kappa shape index (κ1) is 16.2. The average Bonchev–Trinajstić information content (AvgIpc) is 2.07. The fourth-order valence-corrected chi connectivity index (χ4v) is 1.76. The first-order chi connectivity index (χ1) is 6.41. The summed E-state index contributed by atoms with van der Waals surface area (Å²) >= 11 is 0. The number of hydrogen-bond donors (Lipinski definition) is 0. The molecule has 0 amide bonds. The third-order valence-electron chi connectivity index (χ3n) is 2.81. The average molecular weight is 245 g/mol. The standard InChI is InChI=1S/C9H16BF3N.K/c1-8(10(11,12)13)7-14-6-4-3-5-9(14)2;/h9H,1,3-7H2,2H3;/q-1;+1. The van der Waals surface area contributed by atoms with Crippen molar-refractivity contribution >= 4 is 6.98 Å². The quantitative estimate of drug-likeness (QED) is 0.623. The Balaban J connectivity index is 0.00000196. The molecule has 82 valence electrons. The van der Waals surface area contributed by atoms with Gasteiger partial charge in [-0.15, -0.1) is 12.1 Å². The van der Waals surface area contributed by atoms with Crippen molar-refractivity contribution in [3.63, 3.8) is 0 Å². The molecule has 0 aliphatic carbocycles.